The van der Waals surface area contributed by atoms with Crippen LogP contribution in [0.4, 0.5) is 4.39 Å². The maximum atomic E-state index is 12.2. The Balaban J connectivity index is 1.77. The molecule has 0 saturated carbocycles. The maximum absolute atomic E-state index is 12.2. The number of hydrogen-bond acceptors (Lipinski definition) is 2. The van der Waals surface area contributed by atoms with Gasteiger partial charge in [0, 0.05) is 19.6 Å². The number of piperidine rings is 2. The van der Waals surface area contributed by atoms with Gasteiger partial charge >= 0.3 is 0 Å². The molecule has 0 aliphatic carbocycles. The first kappa shape index (κ1) is 12.8. The van der Waals surface area contributed by atoms with E-state index in [0.29, 0.717) is 18.2 Å². The van der Waals surface area contributed by atoms with Crippen molar-refractivity contribution in [2.75, 3.05) is 32.9 Å². The lowest BCUT2D eigenvalue weighted by Gasteiger charge is -2.35. The number of hydrogen-bond donors (Lipinski definition) is 1. The van der Waals surface area contributed by atoms with Crippen LogP contribution < -0.4 is 5.32 Å². The summed E-state index contributed by atoms with van der Waals surface area (Å²) in [6.07, 6.45) is 4.77. The van der Waals surface area contributed by atoms with Crippen molar-refractivity contribution in [3.63, 3.8) is 0 Å². The first-order chi connectivity index (χ1) is 8.31. The van der Waals surface area contributed by atoms with Crippen molar-refractivity contribution in [1.82, 2.24) is 10.2 Å². The predicted molar refractivity (Wildman–Crippen MR) is 65.5 cm³/mol. The molecule has 0 spiro atoms. The van der Waals surface area contributed by atoms with E-state index in [1.165, 1.54) is 0 Å². The van der Waals surface area contributed by atoms with Gasteiger partial charge < -0.3 is 10.2 Å². The van der Waals surface area contributed by atoms with Crippen molar-refractivity contribution in [2.24, 2.45) is 11.8 Å². The number of amides is 1. The number of likely N-dealkylation sites (tertiary alicyclic amines) is 1. The summed E-state index contributed by atoms with van der Waals surface area (Å²) >= 11 is 0. The number of rotatable bonds is 3. The molecule has 3 nitrogen and oxygen atoms in total. The van der Waals surface area contributed by atoms with Gasteiger partial charge in [0.2, 0.25) is 5.91 Å². The molecular weight excluding hydrogens is 219 g/mol. The number of nitrogens with one attached hydrogen (secondary N) is 1. The fourth-order valence-corrected chi connectivity index (χ4v) is 2.92. The van der Waals surface area contributed by atoms with Crippen molar-refractivity contribution in [3.8, 4) is 0 Å². The van der Waals surface area contributed by atoms with Gasteiger partial charge in [-0.1, -0.05) is 0 Å². The van der Waals surface area contributed by atoms with Crippen molar-refractivity contribution in [3.05, 3.63) is 0 Å². The molecule has 2 aliphatic heterocycles. The lowest BCUT2D eigenvalue weighted by atomic mass is 9.92. The Morgan fingerprint density at radius 1 is 1.29 bits per heavy atom. The normalized spacial score (nSPS) is 27.1. The maximum Gasteiger partial charge on any atom is 0.226 e. The average Bonchev–Trinajstić information content (AvgIpc) is 2.40. The Hall–Kier alpha value is -0.640. The quantitative estimate of drug-likeness (QED) is 0.815. The fourth-order valence-electron chi connectivity index (χ4n) is 2.92. The molecule has 2 saturated heterocycles. The molecule has 2 heterocycles. The zero-order chi connectivity index (χ0) is 12.1. The molecule has 1 amide bonds. The largest absolute Gasteiger partial charge is 0.342 e. The van der Waals surface area contributed by atoms with Gasteiger partial charge in [-0.2, -0.15) is 0 Å². The average molecular weight is 242 g/mol. The van der Waals surface area contributed by atoms with Crippen LogP contribution >= 0.6 is 0 Å². The standard InChI is InChI=1S/C13H23FN2O/c14-6-3-11-4-8-16(9-5-11)13(17)12-2-1-7-15-10-12/h11-12,15H,1-10H2/t12-/m1/s1. The number of carbonyl (C=O) groups is 1. The van der Waals surface area contributed by atoms with Gasteiger partial charge in [0.15, 0.2) is 0 Å². The van der Waals surface area contributed by atoms with Crippen molar-refractivity contribution >= 4 is 5.91 Å². The van der Waals surface area contributed by atoms with Crippen molar-refractivity contribution < 1.29 is 9.18 Å². The zero-order valence-electron chi connectivity index (χ0n) is 10.5. The minimum atomic E-state index is -0.217. The summed E-state index contributed by atoms with van der Waals surface area (Å²) in [4.78, 5) is 14.2. The summed E-state index contributed by atoms with van der Waals surface area (Å²) < 4.78 is 12.2. The molecule has 98 valence electrons. The summed E-state index contributed by atoms with van der Waals surface area (Å²) in [6.45, 7) is 3.33. The van der Waals surface area contributed by atoms with Crippen LogP contribution in [0.15, 0.2) is 0 Å². The molecule has 17 heavy (non-hydrogen) atoms. The molecule has 0 aromatic heterocycles. The second kappa shape index (κ2) is 6.34. The van der Waals surface area contributed by atoms with Gasteiger partial charge in [-0.15, -0.1) is 0 Å². The molecule has 0 bridgehead atoms. The van der Waals surface area contributed by atoms with Crippen LogP contribution in [0.5, 0.6) is 0 Å². The van der Waals surface area contributed by atoms with E-state index in [2.05, 4.69) is 5.32 Å². The summed E-state index contributed by atoms with van der Waals surface area (Å²) in [5.41, 5.74) is 0. The first-order valence-corrected chi connectivity index (χ1v) is 6.86. The molecule has 4 heteroatoms. The highest BCUT2D eigenvalue weighted by molar-refractivity contribution is 5.79. The van der Waals surface area contributed by atoms with E-state index >= 15 is 0 Å². The van der Waals surface area contributed by atoms with Gasteiger partial charge in [-0.25, -0.2) is 0 Å². The van der Waals surface area contributed by atoms with Gasteiger partial charge in [-0.05, 0) is 44.6 Å². The Bertz CT molecular complexity index is 246. The SMILES string of the molecule is O=C([C@@H]1CCCNC1)N1CCC(CCF)CC1. The summed E-state index contributed by atoms with van der Waals surface area (Å²) in [7, 11) is 0. The van der Waals surface area contributed by atoms with Gasteiger partial charge in [0.25, 0.3) is 0 Å². The van der Waals surface area contributed by atoms with Crippen LogP contribution in [0.3, 0.4) is 0 Å². The molecule has 2 rings (SSSR count). The van der Waals surface area contributed by atoms with E-state index in [1.807, 2.05) is 4.90 Å². The van der Waals surface area contributed by atoms with Crippen LogP contribution in [0, 0.1) is 11.8 Å². The summed E-state index contributed by atoms with van der Waals surface area (Å²) in [5.74, 6) is 0.992. The van der Waals surface area contributed by atoms with E-state index in [1.54, 1.807) is 0 Å². The van der Waals surface area contributed by atoms with Crippen molar-refractivity contribution in [2.45, 2.75) is 32.1 Å². The van der Waals surface area contributed by atoms with Crippen LogP contribution in [0.1, 0.15) is 32.1 Å². The molecule has 2 fully saturated rings. The number of nitrogens with zero attached hydrogens (tertiary/aromatic N) is 1. The Labute approximate surface area is 103 Å². The van der Waals surface area contributed by atoms with E-state index in [-0.39, 0.29) is 12.6 Å². The number of carbonyl (C=O) groups excluding carboxylic acids is 1. The molecular formula is C13H23FN2O. The monoisotopic (exact) mass is 242 g/mol. The van der Waals surface area contributed by atoms with Gasteiger partial charge in [-0.3, -0.25) is 9.18 Å². The molecule has 0 unspecified atom stereocenters. The summed E-state index contributed by atoms with van der Waals surface area (Å²) in [6, 6.07) is 0. The Morgan fingerprint density at radius 2 is 2.06 bits per heavy atom. The van der Waals surface area contributed by atoms with E-state index in [9.17, 15) is 9.18 Å². The fraction of sp³-hybridized carbons (Fsp3) is 0.923. The molecule has 1 N–H and O–H groups in total. The Kier molecular flexibility index (Phi) is 4.77. The smallest absolute Gasteiger partial charge is 0.226 e. The summed E-state index contributed by atoms with van der Waals surface area (Å²) in [5, 5.41) is 3.29. The molecule has 0 aromatic rings. The first-order valence-electron chi connectivity index (χ1n) is 6.86. The third kappa shape index (κ3) is 3.41. The topological polar surface area (TPSA) is 32.3 Å². The zero-order valence-corrected chi connectivity index (χ0v) is 10.5. The van der Waals surface area contributed by atoms with Crippen LogP contribution in [-0.4, -0.2) is 43.7 Å². The van der Waals surface area contributed by atoms with E-state index < -0.39 is 0 Å². The predicted octanol–water partition coefficient (Wildman–Crippen LogP) is 1.58. The molecule has 2 aliphatic rings. The van der Waals surface area contributed by atoms with Crippen molar-refractivity contribution in [1.29, 1.82) is 0 Å². The highest BCUT2D eigenvalue weighted by Crippen LogP contribution is 2.23. The highest BCUT2D eigenvalue weighted by atomic mass is 19.1. The second-order valence-electron chi connectivity index (χ2n) is 5.29. The molecule has 0 radical (unpaired) electrons. The third-order valence-corrected chi connectivity index (χ3v) is 4.09. The highest BCUT2D eigenvalue weighted by Gasteiger charge is 2.28. The Morgan fingerprint density at radius 3 is 2.65 bits per heavy atom. The minimum absolute atomic E-state index is 0.182. The van der Waals surface area contributed by atoms with Gasteiger partial charge in [0.1, 0.15) is 0 Å². The van der Waals surface area contributed by atoms with E-state index in [0.717, 1.165) is 51.9 Å². The minimum Gasteiger partial charge on any atom is -0.342 e. The molecule has 1 atom stereocenters. The lowest BCUT2D eigenvalue weighted by molar-refractivity contribution is -0.137. The number of halogens is 1. The third-order valence-electron chi connectivity index (χ3n) is 4.09. The van der Waals surface area contributed by atoms with Gasteiger partial charge in [0.05, 0.1) is 12.6 Å². The second-order valence-corrected chi connectivity index (χ2v) is 5.29. The number of alkyl halides is 1. The molecule has 0 aromatic carbocycles. The van der Waals surface area contributed by atoms with E-state index in [4.69, 9.17) is 0 Å². The van der Waals surface area contributed by atoms with Crippen LogP contribution in [0.25, 0.3) is 0 Å². The van der Waals surface area contributed by atoms with Crippen LogP contribution in [0.2, 0.25) is 0 Å². The van der Waals surface area contributed by atoms with Crippen LogP contribution in [-0.2, 0) is 4.79 Å². The lowest BCUT2D eigenvalue weighted by Crippen LogP contribution is -2.46.